The molecule has 0 radical (unpaired) electrons. The van der Waals surface area contributed by atoms with Gasteiger partial charge in [-0.15, -0.1) is 0 Å². The second kappa shape index (κ2) is 6.09. The lowest BCUT2D eigenvalue weighted by atomic mass is 10.0. The molecule has 122 valence electrons. The van der Waals surface area contributed by atoms with Gasteiger partial charge < -0.3 is 9.64 Å². The fraction of sp³-hybridized carbons (Fsp3) is 0.263. The van der Waals surface area contributed by atoms with Crippen molar-refractivity contribution >= 4 is 16.8 Å². The van der Waals surface area contributed by atoms with Gasteiger partial charge in [-0.2, -0.15) is 5.10 Å². The highest BCUT2D eigenvalue weighted by Crippen LogP contribution is 2.27. The number of hydrogen-bond acceptors (Lipinski definition) is 3. The zero-order chi connectivity index (χ0) is 16.5. The molecule has 0 saturated carbocycles. The predicted molar refractivity (Wildman–Crippen MR) is 91.7 cm³/mol. The Morgan fingerprint density at radius 3 is 2.83 bits per heavy atom. The van der Waals surface area contributed by atoms with E-state index in [0.717, 1.165) is 16.5 Å². The summed E-state index contributed by atoms with van der Waals surface area (Å²) in [4.78, 5) is 14.9. The minimum atomic E-state index is -0.0973. The van der Waals surface area contributed by atoms with Gasteiger partial charge in [0.05, 0.1) is 29.9 Å². The van der Waals surface area contributed by atoms with Gasteiger partial charge in [0.1, 0.15) is 6.10 Å². The maximum absolute atomic E-state index is 13.1. The van der Waals surface area contributed by atoms with Crippen molar-refractivity contribution in [2.24, 2.45) is 0 Å². The van der Waals surface area contributed by atoms with E-state index in [1.165, 1.54) is 0 Å². The van der Waals surface area contributed by atoms with Crippen LogP contribution in [0.25, 0.3) is 10.9 Å². The Morgan fingerprint density at radius 1 is 1.17 bits per heavy atom. The van der Waals surface area contributed by atoms with Crippen LogP contribution in [0.3, 0.4) is 0 Å². The van der Waals surface area contributed by atoms with E-state index in [9.17, 15) is 4.79 Å². The quantitative estimate of drug-likeness (QED) is 0.789. The number of hydrogen-bond donors (Lipinski definition) is 1. The molecule has 0 aliphatic carbocycles. The van der Waals surface area contributed by atoms with Crippen LogP contribution in [0.15, 0.2) is 54.7 Å². The molecular formula is C19H19N3O2. The molecule has 1 fully saturated rings. The minimum absolute atomic E-state index is 0.00567. The molecule has 1 aliphatic rings. The van der Waals surface area contributed by atoms with Gasteiger partial charge in [0.15, 0.2) is 0 Å². The first-order valence-corrected chi connectivity index (χ1v) is 8.14. The van der Waals surface area contributed by atoms with Gasteiger partial charge in [-0.1, -0.05) is 42.5 Å². The van der Waals surface area contributed by atoms with Crippen LogP contribution in [0.5, 0.6) is 0 Å². The molecule has 1 amide bonds. The van der Waals surface area contributed by atoms with Crippen molar-refractivity contribution in [2.45, 2.75) is 19.1 Å². The van der Waals surface area contributed by atoms with E-state index in [1.54, 1.807) is 6.20 Å². The summed E-state index contributed by atoms with van der Waals surface area (Å²) >= 11 is 0. The van der Waals surface area contributed by atoms with Crippen molar-refractivity contribution in [3.05, 3.63) is 65.9 Å². The third-order valence-electron chi connectivity index (χ3n) is 4.43. The van der Waals surface area contributed by atoms with Gasteiger partial charge in [0, 0.05) is 11.9 Å². The summed E-state index contributed by atoms with van der Waals surface area (Å²) in [6.45, 7) is 3.15. The summed E-state index contributed by atoms with van der Waals surface area (Å²) < 4.78 is 6.05. The molecule has 2 heterocycles. The van der Waals surface area contributed by atoms with Crippen LogP contribution in [0.2, 0.25) is 0 Å². The lowest BCUT2D eigenvalue weighted by Gasteiger charge is -2.37. The molecule has 0 spiro atoms. The van der Waals surface area contributed by atoms with Crippen LogP contribution < -0.4 is 0 Å². The minimum Gasteiger partial charge on any atom is -0.367 e. The number of benzene rings is 2. The molecule has 1 saturated heterocycles. The second-order valence-corrected chi connectivity index (χ2v) is 6.20. The number of rotatable bonds is 2. The lowest BCUT2D eigenvalue weighted by molar-refractivity contribution is -0.0691. The number of nitrogens with zero attached hydrogens (tertiary/aromatic N) is 2. The number of morpholine rings is 1. The molecule has 1 aliphatic heterocycles. The summed E-state index contributed by atoms with van der Waals surface area (Å²) in [5.74, 6) is 0.0148. The van der Waals surface area contributed by atoms with Crippen LogP contribution in [0, 0.1) is 0 Å². The molecule has 4 rings (SSSR count). The molecule has 0 bridgehead atoms. The Kier molecular flexibility index (Phi) is 3.78. The van der Waals surface area contributed by atoms with Crippen LogP contribution in [0.1, 0.15) is 28.9 Å². The van der Waals surface area contributed by atoms with E-state index in [2.05, 4.69) is 10.2 Å². The smallest absolute Gasteiger partial charge is 0.256 e. The number of H-pyrrole nitrogens is 1. The SMILES string of the molecule is C[C@H]1CN(C(=O)c2cccc3cn[nH]c23)C[C@@H](c2ccccc2)O1. The number of amides is 1. The van der Waals surface area contributed by atoms with Gasteiger partial charge in [-0.05, 0) is 18.6 Å². The summed E-state index contributed by atoms with van der Waals surface area (Å²) in [6, 6.07) is 15.7. The number of fused-ring (bicyclic) bond motifs is 1. The van der Waals surface area contributed by atoms with E-state index in [4.69, 9.17) is 4.74 Å². The number of ether oxygens (including phenoxy) is 1. The molecule has 2 aromatic carbocycles. The maximum atomic E-state index is 13.1. The molecule has 24 heavy (non-hydrogen) atoms. The Hall–Kier alpha value is -2.66. The number of nitrogens with one attached hydrogen (secondary N) is 1. The number of aromatic amines is 1. The number of carbonyl (C=O) groups excluding carboxylic acids is 1. The number of aromatic nitrogens is 2. The van der Waals surface area contributed by atoms with Crippen molar-refractivity contribution in [2.75, 3.05) is 13.1 Å². The summed E-state index contributed by atoms with van der Waals surface area (Å²) in [7, 11) is 0. The Bertz CT molecular complexity index is 859. The standard InChI is InChI=1S/C19H19N3O2/c1-13-11-22(12-17(24-13)14-6-3-2-4-7-14)19(23)16-9-5-8-15-10-20-21-18(15)16/h2-10,13,17H,11-12H2,1H3,(H,20,21)/t13-,17-/m0/s1. The zero-order valence-electron chi connectivity index (χ0n) is 13.5. The van der Waals surface area contributed by atoms with E-state index in [-0.39, 0.29) is 18.1 Å². The normalized spacial score (nSPS) is 21.1. The predicted octanol–water partition coefficient (Wildman–Crippen LogP) is 3.17. The van der Waals surface area contributed by atoms with E-state index < -0.39 is 0 Å². The Labute approximate surface area is 140 Å². The van der Waals surface area contributed by atoms with E-state index in [1.807, 2.05) is 60.4 Å². The Morgan fingerprint density at radius 2 is 2.00 bits per heavy atom. The highest BCUT2D eigenvalue weighted by atomic mass is 16.5. The number of carbonyl (C=O) groups is 1. The maximum Gasteiger partial charge on any atom is 0.256 e. The first kappa shape index (κ1) is 14.9. The molecule has 1 aromatic heterocycles. The van der Waals surface area contributed by atoms with E-state index in [0.29, 0.717) is 18.7 Å². The van der Waals surface area contributed by atoms with Crippen molar-refractivity contribution < 1.29 is 9.53 Å². The topological polar surface area (TPSA) is 58.2 Å². The van der Waals surface area contributed by atoms with Gasteiger partial charge in [-0.3, -0.25) is 9.89 Å². The van der Waals surface area contributed by atoms with Crippen molar-refractivity contribution in [3.63, 3.8) is 0 Å². The summed E-state index contributed by atoms with van der Waals surface area (Å²) in [5, 5.41) is 7.93. The number of para-hydroxylation sites is 1. The molecule has 2 atom stereocenters. The lowest BCUT2D eigenvalue weighted by Crippen LogP contribution is -2.46. The van der Waals surface area contributed by atoms with Crippen molar-refractivity contribution in [3.8, 4) is 0 Å². The Balaban J connectivity index is 1.63. The van der Waals surface area contributed by atoms with E-state index >= 15 is 0 Å². The van der Waals surface area contributed by atoms with Gasteiger partial charge >= 0.3 is 0 Å². The first-order chi connectivity index (χ1) is 11.7. The third kappa shape index (κ3) is 2.67. The van der Waals surface area contributed by atoms with Gasteiger partial charge in [0.25, 0.3) is 5.91 Å². The zero-order valence-corrected chi connectivity index (χ0v) is 13.5. The summed E-state index contributed by atoms with van der Waals surface area (Å²) in [6.07, 6.45) is 1.63. The fourth-order valence-electron chi connectivity index (χ4n) is 3.29. The summed E-state index contributed by atoms with van der Waals surface area (Å²) in [5.41, 5.74) is 2.55. The molecule has 3 aromatic rings. The second-order valence-electron chi connectivity index (χ2n) is 6.20. The third-order valence-corrected chi connectivity index (χ3v) is 4.43. The molecule has 5 nitrogen and oxygen atoms in total. The van der Waals surface area contributed by atoms with Crippen LogP contribution >= 0.6 is 0 Å². The molecule has 0 unspecified atom stereocenters. The van der Waals surface area contributed by atoms with Crippen molar-refractivity contribution in [1.29, 1.82) is 0 Å². The largest absolute Gasteiger partial charge is 0.367 e. The van der Waals surface area contributed by atoms with Crippen LogP contribution in [-0.2, 0) is 4.74 Å². The highest BCUT2D eigenvalue weighted by molar-refractivity contribution is 6.05. The fourth-order valence-corrected chi connectivity index (χ4v) is 3.29. The van der Waals surface area contributed by atoms with Gasteiger partial charge in [-0.25, -0.2) is 0 Å². The van der Waals surface area contributed by atoms with Crippen LogP contribution in [0.4, 0.5) is 0 Å². The molecule has 5 heteroatoms. The monoisotopic (exact) mass is 321 g/mol. The molecule has 1 N–H and O–H groups in total. The average molecular weight is 321 g/mol. The highest BCUT2D eigenvalue weighted by Gasteiger charge is 2.30. The average Bonchev–Trinajstić information content (AvgIpc) is 3.10. The first-order valence-electron chi connectivity index (χ1n) is 8.14. The van der Waals surface area contributed by atoms with Gasteiger partial charge in [0.2, 0.25) is 0 Å². The van der Waals surface area contributed by atoms with Crippen molar-refractivity contribution in [1.82, 2.24) is 15.1 Å². The molecular weight excluding hydrogens is 302 g/mol. The van der Waals surface area contributed by atoms with Crippen LogP contribution in [-0.4, -0.2) is 40.2 Å².